The Labute approximate surface area is 158 Å². The first kappa shape index (κ1) is 19.5. The molecule has 3 rings (SSSR count). The smallest absolute Gasteiger partial charge is 0.207 e. The topological polar surface area (TPSA) is 46.2 Å². The Morgan fingerprint density at radius 3 is 1.64 bits per heavy atom. The van der Waals surface area contributed by atoms with Gasteiger partial charge in [-0.25, -0.2) is 17.6 Å². The van der Waals surface area contributed by atoms with Crippen molar-refractivity contribution in [1.82, 2.24) is 5.32 Å². The number of nitrogens with one attached hydrogen (secondary N) is 1. The van der Waals surface area contributed by atoms with E-state index in [-0.39, 0.29) is 29.8 Å². The van der Waals surface area contributed by atoms with Crippen LogP contribution in [0.4, 0.5) is 17.6 Å². The van der Waals surface area contributed by atoms with Gasteiger partial charge < -0.3 is 5.32 Å². The van der Waals surface area contributed by atoms with Crippen molar-refractivity contribution in [3.05, 3.63) is 81.9 Å². The van der Waals surface area contributed by atoms with E-state index in [2.05, 4.69) is 5.32 Å². The van der Waals surface area contributed by atoms with Crippen molar-refractivity contribution >= 4 is 24.3 Å². The zero-order valence-electron chi connectivity index (χ0n) is 14.5. The number of hydrogen-bond acceptors (Lipinski definition) is 2. The zero-order valence-corrected chi connectivity index (χ0v) is 14.5. The maximum absolute atomic E-state index is 13.4. The summed E-state index contributed by atoms with van der Waals surface area (Å²) in [6.07, 6.45) is 3.74. The summed E-state index contributed by atoms with van der Waals surface area (Å²) in [6, 6.07) is 6.09. The Hall–Kier alpha value is -3.22. The van der Waals surface area contributed by atoms with Crippen LogP contribution in [0.3, 0.4) is 0 Å². The number of carbonyl (C=O) groups is 2. The summed E-state index contributed by atoms with van der Waals surface area (Å²) in [5.74, 6) is -4.46. The molecule has 1 fully saturated rings. The average Bonchev–Trinajstić information content (AvgIpc) is 2.65. The quantitative estimate of drug-likeness (QED) is 0.484. The van der Waals surface area contributed by atoms with Crippen LogP contribution < -0.4 is 5.32 Å². The Bertz CT molecular complexity index is 924. The highest BCUT2D eigenvalue weighted by Gasteiger charge is 2.27. The van der Waals surface area contributed by atoms with Crippen molar-refractivity contribution < 1.29 is 27.2 Å². The minimum absolute atomic E-state index is 0.200. The number of rotatable bonds is 4. The van der Waals surface area contributed by atoms with Crippen molar-refractivity contribution in [2.45, 2.75) is 18.9 Å². The number of halogens is 4. The normalized spacial score (nSPS) is 19.9. The molecule has 2 aromatic carbocycles. The third-order valence-corrected chi connectivity index (χ3v) is 4.39. The molecule has 0 spiro atoms. The van der Waals surface area contributed by atoms with E-state index in [0.29, 0.717) is 17.5 Å². The van der Waals surface area contributed by atoms with Gasteiger partial charge in [0.1, 0.15) is 0 Å². The van der Waals surface area contributed by atoms with Crippen LogP contribution in [0.25, 0.3) is 12.2 Å². The number of carbonyl (C=O) groups excluding carboxylic acids is 2. The molecule has 1 amide bonds. The first-order chi connectivity index (χ1) is 13.4. The summed E-state index contributed by atoms with van der Waals surface area (Å²) in [4.78, 5) is 23.6. The summed E-state index contributed by atoms with van der Waals surface area (Å²) >= 11 is 0. The largest absolute Gasteiger partial charge is 0.355 e. The molecule has 0 bridgehead atoms. The number of ketones is 1. The molecule has 1 N–H and O–H groups in total. The van der Waals surface area contributed by atoms with Crippen molar-refractivity contribution in [2.24, 2.45) is 0 Å². The van der Waals surface area contributed by atoms with Crippen LogP contribution in [0.5, 0.6) is 0 Å². The van der Waals surface area contributed by atoms with Crippen molar-refractivity contribution in [2.75, 3.05) is 0 Å². The Morgan fingerprint density at radius 2 is 1.25 bits per heavy atom. The Morgan fingerprint density at radius 1 is 0.786 bits per heavy atom. The number of hydrogen-bond donors (Lipinski definition) is 1. The molecule has 0 aliphatic heterocycles. The van der Waals surface area contributed by atoms with Crippen LogP contribution in [0.1, 0.15) is 24.0 Å². The minimum Gasteiger partial charge on any atom is -0.355 e. The van der Waals surface area contributed by atoms with Gasteiger partial charge in [-0.2, -0.15) is 0 Å². The SMILES string of the molecule is O=CNC1C/C(=C\c2ccc(F)c(F)c2)C(=O)/C(=C/c2ccc(F)c(F)c2)C1. The molecule has 7 heteroatoms. The lowest BCUT2D eigenvalue weighted by molar-refractivity contribution is -0.114. The maximum Gasteiger partial charge on any atom is 0.207 e. The minimum atomic E-state index is -1.04. The molecule has 2 aromatic rings. The second-order valence-corrected chi connectivity index (χ2v) is 6.41. The number of amides is 1. The first-order valence-corrected chi connectivity index (χ1v) is 8.43. The number of benzene rings is 2. The van der Waals surface area contributed by atoms with Crippen molar-refractivity contribution in [3.8, 4) is 0 Å². The molecule has 0 heterocycles. The second-order valence-electron chi connectivity index (χ2n) is 6.41. The third kappa shape index (κ3) is 4.36. The van der Waals surface area contributed by atoms with Crippen LogP contribution in [-0.2, 0) is 9.59 Å². The molecular formula is C21H15F4NO2. The predicted octanol–water partition coefficient (Wildman–Crippen LogP) is 4.19. The van der Waals surface area contributed by atoms with E-state index in [4.69, 9.17) is 0 Å². The molecule has 0 aromatic heterocycles. The highest BCUT2D eigenvalue weighted by Crippen LogP contribution is 2.29. The second kappa shape index (κ2) is 8.21. The van der Waals surface area contributed by atoms with Crippen LogP contribution >= 0.6 is 0 Å². The third-order valence-electron chi connectivity index (χ3n) is 4.39. The summed E-state index contributed by atoms with van der Waals surface area (Å²) in [6.45, 7) is 0. The van der Waals surface area contributed by atoms with Gasteiger partial charge in [0.15, 0.2) is 29.1 Å². The van der Waals surface area contributed by atoms with E-state index in [1.165, 1.54) is 24.3 Å². The molecule has 1 aliphatic rings. The molecule has 0 atom stereocenters. The Balaban J connectivity index is 1.98. The molecule has 3 nitrogen and oxygen atoms in total. The van der Waals surface area contributed by atoms with Gasteiger partial charge in [0.2, 0.25) is 6.41 Å². The van der Waals surface area contributed by atoms with Gasteiger partial charge in [0, 0.05) is 17.2 Å². The fourth-order valence-corrected chi connectivity index (χ4v) is 3.06. The standard InChI is InChI=1S/C21H15F4NO2/c22-17-3-1-12(7-19(17)24)5-14-9-16(26-11-27)10-15(21(14)28)6-13-2-4-18(23)20(25)8-13/h1-8,11,16H,9-10H2,(H,26,27)/b14-5+,15-6+. The highest BCUT2D eigenvalue weighted by atomic mass is 19.2. The van der Waals surface area contributed by atoms with Crippen molar-refractivity contribution in [3.63, 3.8) is 0 Å². The predicted molar refractivity (Wildman–Crippen MR) is 95.9 cm³/mol. The van der Waals surface area contributed by atoms with Gasteiger partial charge in [0.05, 0.1) is 0 Å². The molecule has 0 unspecified atom stereocenters. The van der Waals surface area contributed by atoms with Crippen LogP contribution in [0.2, 0.25) is 0 Å². The monoisotopic (exact) mass is 389 g/mol. The molecule has 0 saturated heterocycles. The number of Topliss-reactive ketones (excluding diaryl/α,β-unsaturated/α-hetero) is 1. The van der Waals surface area contributed by atoms with Crippen LogP contribution in [0, 0.1) is 23.3 Å². The van der Waals surface area contributed by atoms with Gasteiger partial charge in [-0.1, -0.05) is 12.1 Å². The molecular weight excluding hydrogens is 374 g/mol. The lowest BCUT2D eigenvalue weighted by atomic mass is 9.83. The molecule has 144 valence electrons. The first-order valence-electron chi connectivity index (χ1n) is 8.43. The zero-order chi connectivity index (χ0) is 20.3. The van der Waals surface area contributed by atoms with E-state index >= 15 is 0 Å². The lowest BCUT2D eigenvalue weighted by Crippen LogP contribution is -2.34. The van der Waals surface area contributed by atoms with Gasteiger partial charge in [-0.05, 0) is 60.4 Å². The summed E-state index contributed by atoms with van der Waals surface area (Å²) in [5.41, 5.74) is 1.15. The van der Waals surface area contributed by atoms with Crippen LogP contribution in [0.15, 0.2) is 47.5 Å². The van der Waals surface area contributed by atoms with Gasteiger partial charge >= 0.3 is 0 Å². The van der Waals surface area contributed by atoms with Gasteiger partial charge in [-0.15, -0.1) is 0 Å². The van der Waals surface area contributed by atoms with E-state index in [9.17, 15) is 27.2 Å². The van der Waals surface area contributed by atoms with Crippen LogP contribution in [-0.4, -0.2) is 18.2 Å². The molecule has 1 aliphatic carbocycles. The molecule has 0 radical (unpaired) electrons. The van der Waals surface area contributed by atoms with Crippen molar-refractivity contribution in [1.29, 1.82) is 0 Å². The highest BCUT2D eigenvalue weighted by molar-refractivity contribution is 6.14. The Kier molecular flexibility index (Phi) is 5.73. The van der Waals surface area contributed by atoms with E-state index in [0.717, 1.165) is 24.3 Å². The fraction of sp³-hybridized carbons (Fsp3) is 0.143. The molecule has 28 heavy (non-hydrogen) atoms. The summed E-state index contributed by atoms with van der Waals surface area (Å²) in [5, 5.41) is 2.59. The fourth-order valence-electron chi connectivity index (χ4n) is 3.06. The van der Waals surface area contributed by atoms with Gasteiger partial charge in [0.25, 0.3) is 0 Å². The van der Waals surface area contributed by atoms with Gasteiger partial charge in [-0.3, -0.25) is 9.59 Å². The summed E-state index contributed by atoms with van der Waals surface area (Å²) < 4.78 is 53.1. The summed E-state index contributed by atoms with van der Waals surface area (Å²) in [7, 11) is 0. The molecule has 1 saturated carbocycles. The van der Waals surface area contributed by atoms with E-state index in [1.54, 1.807) is 0 Å². The van der Waals surface area contributed by atoms with E-state index in [1.807, 2.05) is 0 Å². The lowest BCUT2D eigenvalue weighted by Gasteiger charge is -2.25. The maximum atomic E-state index is 13.4. The average molecular weight is 389 g/mol. The van der Waals surface area contributed by atoms with E-state index < -0.39 is 29.3 Å².